The van der Waals surface area contributed by atoms with Crippen LogP contribution in [-0.4, -0.2) is 89.3 Å². The number of fused-ring (bicyclic) bond motifs is 2. The lowest BCUT2D eigenvalue weighted by Crippen LogP contribution is -2.47. The predicted octanol–water partition coefficient (Wildman–Crippen LogP) is 5.72. The van der Waals surface area contributed by atoms with E-state index in [0.29, 0.717) is 34.5 Å². The number of nitrogens with two attached hydrogens (primary N) is 1. The number of piperidine rings is 3. The Labute approximate surface area is 402 Å². The number of aromatic nitrogens is 6. The lowest BCUT2D eigenvalue weighted by molar-refractivity contribution is -0.138. The lowest BCUT2D eigenvalue weighted by Gasteiger charge is -2.47. The maximum Gasteiger partial charge on any atom is 0.416 e. The molecule has 4 amide bonds. The molecule has 0 saturated carbocycles. The molecule has 1 unspecified atom stereocenters. The van der Waals surface area contributed by atoms with Crippen molar-refractivity contribution in [3.63, 3.8) is 0 Å². The first kappa shape index (κ1) is 46.9. The van der Waals surface area contributed by atoms with Crippen LogP contribution in [0, 0.1) is 11.2 Å². The maximum absolute atomic E-state index is 14.5. The average Bonchev–Trinajstić information content (AvgIpc) is 3.97. The van der Waals surface area contributed by atoms with Crippen LogP contribution in [0.1, 0.15) is 70.8 Å². The molecular formula is C50H49F4N11O6. The van der Waals surface area contributed by atoms with Gasteiger partial charge in [0.1, 0.15) is 18.2 Å². The largest absolute Gasteiger partial charge is 0.416 e. The average molecular weight is 976 g/mol. The van der Waals surface area contributed by atoms with Gasteiger partial charge in [0.2, 0.25) is 11.8 Å². The van der Waals surface area contributed by atoms with Gasteiger partial charge in [-0.15, -0.1) is 0 Å². The Hall–Kier alpha value is -7.81. The summed E-state index contributed by atoms with van der Waals surface area (Å²) in [6.45, 7) is 3.92. The van der Waals surface area contributed by atoms with Gasteiger partial charge in [-0.05, 0) is 123 Å². The number of alkyl halides is 3. The van der Waals surface area contributed by atoms with Crippen LogP contribution in [0.2, 0.25) is 0 Å². The Bertz CT molecular complexity index is 3420. The van der Waals surface area contributed by atoms with Gasteiger partial charge in [-0.3, -0.25) is 33.6 Å². The smallest absolute Gasteiger partial charge is 0.371 e. The molecule has 3 aliphatic heterocycles. The molecule has 4 aromatic carbocycles. The van der Waals surface area contributed by atoms with Crippen molar-refractivity contribution in [1.82, 2.24) is 38.3 Å². The molecule has 368 valence electrons. The normalized spacial score (nSPS) is 17.6. The molecule has 10 rings (SSSR count). The molecule has 0 bridgehead atoms. The van der Waals surface area contributed by atoms with Gasteiger partial charge >= 0.3 is 17.6 Å². The van der Waals surface area contributed by atoms with Crippen molar-refractivity contribution < 1.29 is 36.7 Å². The SMILES string of the molecule is Cn1ncn(-c2ccc(-c3cc4cc(C(F)(F)F)cc(C(=O)Nc5ccc(F)c(C(N)=O)c5)c4n3CCN3CCC4(CC3)CCN(c3ccc5c(c3)n(C)c(=O)n5C3CCC(=O)NC3=O)CC4)cc2)c1=O. The molecule has 0 radical (unpaired) electrons. The topological polar surface area (TPSA) is 197 Å². The fourth-order valence-electron chi connectivity index (χ4n) is 10.6. The van der Waals surface area contributed by atoms with Gasteiger partial charge in [0, 0.05) is 69.2 Å². The van der Waals surface area contributed by atoms with E-state index in [1.165, 1.54) is 37.8 Å². The minimum Gasteiger partial charge on any atom is -0.371 e. The molecule has 1 spiro atoms. The van der Waals surface area contributed by atoms with Crippen LogP contribution in [0.3, 0.4) is 0 Å². The molecule has 1 atom stereocenters. The number of rotatable bonds is 10. The number of amides is 4. The van der Waals surface area contributed by atoms with Gasteiger partial charge in [-0.2, -0.15) is 18.3 Å². The number of halogens is 4. The first-order chi connectivity index (χ1) is 33.9. The number of anilines is 2. The van der Waals surface area contributed by atoms with E-state index in [2.05, 4.69) is 25.5 Å². The van der Waals surface area contributed by atoms with Crippen LogP contribution in [-0.2, 0) is 36.4 Å². The summed E-state index contributed by atoms with van der Waals surface area (Å²) in [5.41, 5.74) is 7.06. The first-order valence-corrected chi connectivity index (χ1v) is 23.3. The molecule has 17 nitrogen and oxygen atoms in total. The van der Waals surface area contributed by atoms with E-state index in [9.17, 15) is 46.3 Å². The third kappa shape index (κ3) is 8.67. The number of imide groups is 1. The Morgan fingerprint density at radius 3 is 2.18 bits per heavy atom. The molecule has 4 N–H and O–H groups in total. The van der Waals surface area contributed by atoms with Gasteiger partial charge in [-0.25, -0.2) is 23.2 Å². The standard InChI is InChI=1S/C50H49F4N11O6/c1-59-41-27-34(8-10-38(41)65(47(59)70)39-11-12-42(66)58-46(39)69)62-19-15-49(16-20-62)13-17-61(18-14-49)21-22-63-40(29-3-6-33(7-4-29)64-28-56-60(2)48(64)71)24-30-23-31(50(52,53)54)25-36(43(30)63)45(68)57-32-5-9-37(51)35(26-32)44(55)67/h3-10,23-28,39H,11-22H2,1-2H3,(H2,55,67)(H,57,68)(H,58,66,69). The fourth-order valence-corrected chi connectivity index (χ4v) is 10.6. The van der Waals surface area contributed by atoms with Gasteiger partial charge in [0.05, 0.1) is 38.9 Å². The number of carbonyl (C=O) groups excluding carboxylic acids is 4. The third-order valence-corrected chi connectivity index (χ3v) is 14.7. The van der Waals surface area contributed by atoms with Gasteiger partial charge in [0.15, 0.2) is 0 Å². The van der Waals surface area contributed by atoms with E-state index in [0.717, 1.165) is 81.8 Å². The van der Waals surface area contributed by atoms with Crippen LogP contribution in [0.25, 0.3) is 38.9 Å². The van der Waals surface area contributed by atoms with Gasteiger partial charge in [-0.1, -0.05) is 12.1 Å². The minimum absolute atomic E-state index is 0.0434. The van der Waals surface area contributed by atoms with Crippen molar-refractivity contribution in [3.05, 3.63) is 129 Å². The number of likely N-dealkylation sites (tertiary alicyclic amines) is 1. The summed E-state index contributed by atoms with van der Waals surface area (Å²) in [7, 11) is 3.20. The molecule has 3 aromatic heterocycles. The minimum atomic E-state index is -4.82. The van der Waals surface area contributed by atoms with E-state index in [-0.39, 0.29) is 64.2 Å². The lowest BCUT2D eigenvalue weighted by atomic mass is 9.71. The molecule has 21 heteroatoms. The summed E-state index contributed by atoms with van der Waals surface area (Å²) in [5, 5.41) is 9.08. The van der Waals surface area contributed by atoms with Gasteiger partial charge < -0.3 is 25.4 Å². The number of primary amides is 1. The molecule has 3 saturated heterocycles. The third-order valence-electron chi connectivity index (χ3n) is 14.7. The van der Waals surface area contributed by atoms with E-state index < -0.39 is 46.9 Å². The monoisotopic (exact) mass is 975 g/mol. The van der Waals surface area contributed by atoms with Crippen LogP contribution < -0.4 is 32.6 Å². The second-order valence-electron chi connectivity index (χ2n) is 18.8. The van der Waals surface area contributed by atoms with Crippen LogP contribution in [0.5, 0.6) is 0 Å². The predicted molar refractivity (Wildman–Crippen MR) is 256 cm³/mol. The maximum atomic E-state index is 14.5. The van der Waals surface area contributed by atoms with Gasteiger partial charge in [0.25, 0.3) is 11.8 Å². The first-order valence-electron chi connectivity index (χ1n) is 23.3. The highest BCUT2D eigenvalue weighted by Gasteiger charge is 2.39. The number of aryl methyl sites for hydroxylation is 2. The highest BCUT2D eigenvalue weighted by atomic mass is 19.4. The summed E-state index contributed by atoms with van der Waals surface area (Å²) in [4.78, 5) is 81.3. The van der Waals surface area contributed by atoms with Crippen LogP contribution in [0.4, 0.5) is 28.9 Å². The molecule has 0 aliphatic carbocycles. The highest BCUT2D eigenvalue weighted by molar-refractivity contribution is 6.13. The summed E-state index contributed by atoms with van der Waals surface area (Å²) in [6, 6.07) is 18.5. The summed E-state index contributed by atoms with van der Waals surface area (Å²) < 4.78 is 65.4. The second kappa shape index (κ2) is 17.9. The van der Waals surface area contributed by atoms with Crippen molar-refractivity contribution in [2.24, 2.45) is 25.2 Å². The zero-order valence-electron chi connectivity index (χ0n) is 38.8. The molecule has 71 heavy (non-hydrogen) atoms. The Kier molecular flexibility index (Phi) is 11.8. The number of carbonyl (C=O) groups is 4. The number of nitrogens with zero attached hydrogens (tertiary/aromatic N) is 8. The van der Waals surface area contributed by atoms with E-state index >= 15 is 0 Å². The summed E-state index contributed by atoms with van der Waals surface area (Å²) in [5.74, 6) is -3.75. The molecule has 3 fully saturated rings. The summed E-state index contributed by atoms with van der Waals surface area (Å²) in [6.07, 6.45) is 0.703. The number of imidazole rings is 1. The van der Waals surface area contributed by atoms with Crippen molar-refractivity contribution >= 4 is 56.9 Å². The fraction of sp³-hybridized carbons (Fsp3) is 0.340. The Balaban J connectivity index is 0.896. The van der Waals surface area contributed by atoms with Crippen LogP contribution in [0.15, 0.2) is 94.8 Å². The molecule has 6 heterocycles. The second-order valence-corrected chi connectivity index (χ2v) is 18.8. The van der Waals surface area contributed by atoms with Crippen molar-refractivity contribution in [3.8, 4) is 16.9 Å². The number of benzene rings is 4. The summed E-state index contributed by atoms with van der Waals surface area (Å²) >= 11 is 0. The molecular weight excluding hydrogens is 927 g/mol. The number of hydrogen-bond donors (Lipinski definition) is 3. The Morgan fingerprint density at radius 1 is 0.817 bits per heavy atom. The highest BCUT2D eigenvalue weighted by Crippen LogP contribution is 2.43. The Morgan fingerprint density at radius 2 is 1.52 bits per heavy atom. The van der Waals surface area contributed by atoms with Crippen LogP contribution >= 0.6 is 0 Å². The van der Waals surface area contributed by atoms with E-state index in [1.807, 2.05) is 22.8 Å². The molecule has 3 aliphatic rings. The van der Waals surface area contributed by atoms with Crippen molar-refractivity contribution in [1.29, 1.82) is 0 Å². The zero-order chi connectivity index (χ0) is 50.1. The van der Waals surface area contributed by atoms with Crippen molar-refractivity contribution in [2.45, 2.75) is 57.3 Å². The quantitative estimate of drug-likeness (QED) is 0.114. The number of hydrogen-bond acceptors (Lipinski definition) is 9. The van der Waals surface area contributed by atoms with E-state index in [4.69, 9.17) is 5.73 Å². The molecule has 7 aromatic rings. The van der Waals surface area contributed by atoms with E-state index in [1.54, 1.807) is 37.4 Å². The zero-order valence-corrected chi connectivity index (χ0v) is 38.8. The number of nitrogens with one attached hydrogen (secondary N) is 2. The van der Waals surface area contributed by atoms with Crippen molar-refractivity contribution in [2.75, 3.05) is 42.9 Å².